The third-order valence-electron chi connectivity index (χ3n) is 4.99. The Morgan fingerprint density at radius 3 is 2.56 bits per heavy atom. The summed E-state index contributed by atoms with van der Waals surface area (Å²) in [5.74, 6) is 2.49. The maximum atomic E-state index is 12.1. The van der Waals surface area contributed by atoms with Crippen LogP contribution in [-0.2, 0) is 17.6 Å². The summed E-state index contributed by atoms with van der Waals surface area (Å²) in [6.45, 7) is 2.07. The molecule has 3 aromatic rings. The molecule has 0 aliphatic carbocycles. The zero-order chi connectivity index (χ0) is 24.3. The lowest BCUT2D eigenvalue weighted by molar-refractivity contribution is -0.118. The molecule has 0 saturated heterocycles. The van der Waals surface area contributed by atoms with Crippen molar-refractivity contribution in [2.75, 3.05) is 27.1 Å². The molecule has 0 saturated carbocycles. The van der Waals surface area contributed by atoms with E-state index in [9.17, 15) is 4.79 Å². The van der Waals surface area contributed by atoms with Gasteiger partial charge in [0, 0.05) is 12.0 Å². The quantitative estimate of drug-likeness (QED) is 0.235. The summed E-state index contributed by atoms with van der Waals surface area (Å²) in [7, 11) is 4.80. The Labute approximate surface area is 202 Å². The van der Waals surface area contributed by atoms with Gasteiger partial charge in [-0.1, -0.05) is 17.8 Å². The number of carbonyl (C=O) groups is 1. The monoisotopic (exact) mass is 484 g/mol. The molecule has 1 N–H and O–H groups in total. The van der Waals surface area contributed by atoms with Gasteiger partial charge in [0.15, 0.2) is 0 Å². The Bertz CT molecular complexity index is 1130. The number of nitrogens with zero attached hydrogens (tertiary/aromatic N) is 3. The summed E-state index contributed by atoms with van der Waals surface area (Å²) < 4.78 is 21.4. The van der Waals surface area contributed by atoms with Crippen molar-refractivity contribution >= 4 is 23.9 Å². The van der Waals surface area contributed by atoms with Crippen molar-refractivity contribution in [2.24, 2.45) is 5.10 Å². The predicted molar refractivity (Wildman–Crippen MR) is 130 cm³/mol. The maximum absolute atomic E-state index is 12.1. The van der Waals surface area contributed by atoms with E-state index in [0.717, 1.165) is 30.4 Å². The summed E-state index contributed by atoms with van der Waals surface area (Å²) in [5, 5.41) is 12.4. The molecule has 10 heteroatoms. The van der Waals surface area contributed by atoms with E-state index < -0.39 is 0 Å². The topological polar surface area (TPSA) is 108 Å². The number of rotatable bonds is 12. The van der Waals surface area contributed by atoms with Gasteiger partial charge in [-0.05, 0) is 61.2 Å². The molecule has 1 heterocycles. The standard InChI is InChI=1S/C24H28N4O5S/c1-16-12-19(30-2)9-8-17(16)6-5-7-23-27-28-24(33-23)34-15-22(29)26-25-14-18-13-20(31-3)10-11-21(18)32-4/h8-14H,5-7,15H2,1-4H3,(H,26,29)/b25-14-. The predicted octanol–water partition coefficient (Wildman–Crippen LogP) is 3.82. The maximum Gasteiger partial charge on any atom is 0.277 e. The van der Waals surface area contributed by atoms with Gasteiger partial charge >= 0.3 is 0 Å². The molecular weight excluding hydrogens is 456 g/mol. The number of aromatic nitrogens is 2. The number of hydrogen-bond acceptors (Lipinski definition) is 9. The number of ether oxygens (including phenoxy) is 3. The second-order valence-electron chi connectivity index (χ2n) is 7.30. The molecule has 0 unspecified atom stereocenters. The third-order valence-corrected chi connectivity index (χ3v) is 5.81. The van der Waals surface area contributed by atoms with Crippen molar-refractivity contribution in [2.45, 2.75) is 31.4 Å². The minimum Gasteiger partial charge on any atom is -0.497 e. The number of benzene rings is 2. The van der Waals surface area contributed by atoms with Gasteiger partial charge in [-0.3, -0.25) is 4.79 Å². The van der Waals surface area contributed by atoms with Gasteiger partial charge in [-0.25, -0.2) is 5.43 Å². The molecular formula is C24H28N4O5S. The van der Waals surface area contributed by atoms with Crippen molar-refractivity contribution < 1.29 is 23.4 Å². The van der Waals surface area contributed by atoms with Crippen molar-refractivity contribution in [3.63, 3.8) is 0 Å². The van der Waals surface area contributed by atoms with Gasteiger partial charge in [0.25, 0.3) is 11.1 Å². The van der Waals surface area contributed by atoms with Gasteiger partial charge < -0.3 is 18.6 Å². The highest BCUT2D eigenvalue weighted by Crippen LogP contribution is 2.22. The lowest BCUT2D eigenvalue weighted by atomic mass is 10.0. The molecule has 2 aromatic carbocycles. The highest BCUT2D eigenvalue weighted by atomic mass is 32.2. The Hall–Kier alpha value is -3.53. The van der Waals surface area contributed by atoms with E-state index in [4.69, 9.17) is 18.6 Å². The van der Waals surface area contributed by atoms with Crippen LogP contribution in [0.4, 0.5) is 0 Å². The molecule has 0 aliphatic rings. The van der Waals surface area contributed by atoms with Crippen molar-refractivity contribution in [1.29, 1.82) is 0 Å². The van der Waals surface area contributed by atoms with Crippen LogP contribution in [0.15, 0.2) is 51.1 Å². The molecule has 0 fully saturated rings. The average molecular weight is 485 g/mol. The normalized spacial score (nSPS) is 10.9. The van der Waals surface area contributed by atoms with Crippen LogP contribution in [0, 0.1) is 6.92 Å². The second kappa shape index (κ2) is 12.6. The zero-order valence-corrected chi connectivity index (χ0v) is 20.5. The molecule has 180 valence electrons. The first-order valence-electron chi connectivity index (χ1n) is 10.6. The van der Waals surface area contributed by atoms with E-state index >= 15 is 0 Å². The van der Waals surface area contributed by atoms with Crippen LogP contribution in [0.5, 0.6) is 17.2 Å². The van der Waals surface area contributed by atoms with E-state index in [2.05, 4.69) is 33.7 Å². The third kappa shape index (κ3) is 7.24. The highest BCUT2D eigenvalue weighted by Gasteiger charge is 2.10. The Morgan fingerprint density at radius 2 is 1.82 bits per heavy atom. The van der Waals surface area contributed by atoms with Crippen LogP contribution in [0.25, 0.3) is 0 Å². The Balaban J connectivity index is 1.42. The van der Waals surface area contributed by atoms with Crippen molar-refractivity contribution in [3.05, 3.63) is 59.0 Å². The fourth-order valence-electron chi connectivity index (χ4n) is 3.18. The first-order valence-corrected chi connectivity index (χ1v) is 11.6. The van der Waals surface area contributed by atoms with Crippen LogP contribution >= 0.6 is 11.8 Å². The fraction of sp³-hybridized carbons (Fsp3) is 0.333. The average Bonchev–Trinajstić information content (AvgIpc) is 3.31. The zero-order valence-electron chi connectivity index (χ0n) is 19.7. The molecule has 9 nitrogen and oxygen atoms in total. The van der Waals surface area contributed by atoms with Crippen molar-refractivity contribution in [3.8, 4) is 17.2 Å². The molecule has 0 aliphatic heterocycles. The molecule has 0 radical (unpaired) electrons. The van der Waals surface area contributed by atoms with Gasteiger partial charge in [-0.2, -0.15) is 5.10 Å². The summed E-state index contributed by atoms with van der Waals surface area (Å²) in [6, 6.07) is 11.4. The van der Waals surface area contributed by atoms with Crippen LogP contribution < -0.4 is 19.6 Å². The van der Waals surface area contributed by atoms with Crippen LogP contribution in [0.3, 0.4) is 0 Å². The number of methoxy groups -OCH3 is 3. The first-order chi connectivity index (χ1) is 16.5. The number of thioether (sulfide) groups is 1. The summed E-state index contributed by atoms with van der Waals surface area (Å²) in [5.41, 5.74) is 5.62. The summed E-state index contributed by atoms with van der Waals surface area (Å²) in [6.07, 6.45) is 3.94. The minimum absolute atomic E-state index is 0.0965. The minimum atomic E-state index is -0.294. The van der Waals surface area contributed by atoms with Crippen LogP contribution in [0.1, 0.15) is 29.0 Å². The smallest absolute Gasteiger partial charge is 0.277 e. The Morgan fingerprint density at radius 1 is 1.06 bits per heavy atom. The molecule has 1 aromatic heterocycles. The number of hydrazone groups is 1. The largest absolute Gasteiger partial charge is 0.497 e. The van der Waals surface area contributed by atoms with E-state index in [1.165, 1.54) is 17.3 Å². The number of amides is 1. The molecule has 0 spiro atoms. The second-order valence-corrected chi connectivity index (χ2v) is 8.22. The number of nitrogens with one attached hydrogen (secondary N) is 1. The fourth-order valence-corrected chi connectivity index (χ4v) is 3.75. The Kier molecular flexibility index (Phi) is 9.33. The highest BCUT2D eigenvalue weighted by molar-refractivity contribution is 7.99. The number of hydrogen-bond donors (Lipinski definition) is 1. The molecule has 1 amide bonds. The molecule has 0 atom stereocenters. The lowest BCUT2D eigenvalue weighted by Gasteiger charge is -2.07. The number of aryl methyl sites for hydroxylation is 3. The van der Waals surface area contributed by atoms with E-state index in [0.29, 0.717) is 34.6 Å². The van der Waals surface area contributed by atoms with Crippen LogP contribution in [0.2, 0.25) is 0 Å². The SMILES string of the molecule is COc1ccc(CCCc2nnc(SCC(=O)N/N=C\c3cc(OC)ccc3OC)o2)c(C)c1. The number of carbonyl (C=O) groups excluding carboxylic acids is 1. The van der Waals surface area contributed by atoms with Gasteiger partial charge in [0.1, 0.15) is 17.2 Å². The van der Waals surface area contributed by atoms with Crippen LogP contribution in [-0.4, -0.2) is 49.4 Å². The van der Waals surface area contributed by atoms with E-state index in [1.54, 1.807) is 39.5 Å². The first kappa shape index (κ1) is 25.1. The van der Waals surface area contributed by atoms with E-state index in [-0.39, 0.29) is 11.7 Å². The van der Waals surface area contributed by atoms with Gasteiger partial charge in [0.05, 0.1) is 33.3 Å². The molecule has 34 heavy (non-hydrogen) atoms. The lowest BCUT2D eigenvalue weighted by Crippen LogP contribution is -2.19. The molecule has 3 rings (SSSR count). The van der Waals surface area contributed by atoms with Gasteiger partial charge in [-0.15, -0.1) is 10.2 Å². The molecule has 0 bridgehead atoms. The van der Waals surface area contributed by atoms with Gasteiger partial charge in [0.2, 0.25) is 5.89 Å². The summed E-state index contributed by atoms with van der Waals surface area (Å²) in [4.78, 5) is 12.1. The summed E-state index contributed by atoms with van der Waals surface area (Å²) >= 11 is 1.16. The van der Waals surface area contributed by atoms with E-state index in [1.807, 2.05) is 12.1 Å². The van der Waals surface area contributed by atoms with Crippen molar-refractivity contribution in [1.82, 2.24) is 15.6 Å².